The molecule has 5 heteroatoms. The number of rotatable bonds is 4. The average Bonchev–Trinajstić information content (AvgIpc) is 2.73. The third kappa shape index (κ3) is 3.29. The van der Waals surface area contributed by atoms with Crippen LogP contribution in [0.4, 0.5) is 0 Å². The lowest BCUT2D eigenvalue weighted by molar-refractivity contribution is 0.0263. The number of hydrogen-bond acceptors (Lipinski definition) is 3. The van der Waals surface area contributed by atoms with E-state index in [2.05, 4.69) is 6.92 Å². The Morgan fingerprint density at radius 3 is 2.78 bits per heavy atom. The average molecular weight is 290 g/mol. The van der Waals surface area contributed by atoms with Crippen molar-refractivity contribution in [1.82, 2.24) is 0 Å². The summed E-state index contributed by atoms with van der Waals surface area (Å²) in [6, 6.07) is 3.44. The van der Waals surface area contributed by atoms with Gasteiger partial charge >= 0.3 is 0 Å². The molecule has 1 aliphatic heterocycles. The van der Waals surface area contributed by atoms with Crippen molar-refractivity contribution in [1.29, 1.82) is 0 Å². The molecule has 2 rings (SSSR count). The van der Waals surface area contributed by atoms with Crippen LogP contribution in [0.15, 0.2) is 12.1 Å². The first-order valence-electron chi connectivity index (χ1n) is 6.06. The molecule has 1 heterocycles. The highest BCUT2D eigenvalue weighted by Gasteiger charge is 2.23. The van der Waals surface area contributed by atoms with Crippen LogP contribution in [0, 0.1) is 0 Å². The van der Waals surface area contributed by atoms with E-state index in [1.807, 2.05) is 0 Å². The van der Waals surface area contributed by atoms with Crippen molar-refractivity contribution in [2.24, 2.45) is 5.73 Å². The largest absolute Gasteiger partial charge is 0.489 e. The Morgan fingerprint density at radius 2 is 2.17 bits per heavy atom. The molecule has 0 spiro atoms. The first-order valence-corrected chi connectivity index (χ1v) is 6.82. The van der Waals surface area contributed by atoms with E-state index in [1.54, 1.807) is 12.1 Å². The van der Waals surface area contributed by atoms with Crippen molar-refractivity contribution in [3.05, 3.63) is 27.7 Å². The Kier molecular flexibility index (Phi) is 4.73. The first kappa shape index (κ1) is 13.9. The fraction of sp³-hybridized carbons (Fsp3) is 0.538. The molecular formula is C13H17Cl2NO2. The van der Waals surface area contributed by atoms with E-state index in [9.17, 15) is 0 Å². The summed E-state index contributed by atoms with van der Waals surface area (Å²) in [4.78, 5) is 0. The fourth-order valence-electron chi connectivity index (χ4n) is 2.11. The highest BCUT2D eigenvalue weighted by Crippen LogP contribution is 2.33. The van der Waals surface area contributed by atoms with Gasteiger partial charge < -0.3 is 15.2 Å². The molecule has 1 aliphatic rings. The van der Waals surface area contributed by atoms with Crippen molar-refractivity contribution in [3.8, 4) is 5.75 Å². The summed E-state index contributed by atoms with van der Waals surface area (Å²) in [6.45, 7) is 2.91. The second kappa shape index (κ2) is 6.11. The van der Waals surface area contributed by atoms with Crippen LogP contribution in [0.5, 0.6) is 5.75 Å². The van der Waals surface area contributed by atoms with Crippen molar-refractivity contribution in [3.63, 3.8) is 0 Å². The minimum absolute atomic E-state index is 0.136. The van der Waals surface area contributed by atoms with E-state index >= 15 is 0 Å². The van der Waals surface area contributed by atoms with Crippen molar-refractivity contribution in [2.45, 2.75) is 38.5 Å². The SMILES string of the molecule is CC1CCC(COc2c(Cl)cc(Cl)cc2CN)O1. The van der Waals surface area contributed by atoms with Gasteiger partial charge in [-0.1, -0.05) is 23.2 Å². The summed E-state index contributed by atoms with van der Waals surface area (Å²) in [5.74, 6) is 0.617. The standard InChI is InChI=1S/C13H17Cl2NO2/c1-8-2-3-11(18-8)7-17-13-9(6-16)4-10(14)5-12(13)15/h4-5,8,11H,2-3,6-7,16H2,1H3. The first-order chi connectivity index (χ1) is 8.60. The van der Waals surface area contributed by atoms with E-state index in [0.717, 1.165) is 18.4 Å². The number of halogens is 2. The zero-order chi connectivity index (χ0) is 13.1. The lowest BCUT2D eigenvalue weighted by Gasteiger charge is -2.16. The zero-order valence-electron chi connectivity index (χ0n) is 10.3. The van der Waals surface area contributed by atoms with Gasteiger partial charge in [-0.2, -0.15) is 0 Å². The summed E-state index contributed by atoms with van der Waals surface area (Å²) < 4.78 is 11.4. The Hall–Kier alpha value is -0.480. The van der Waals surface area contributed by atoms with Crippen LogP contribution < -0.4 is 10.5 Å². The minimum atomic E-state index is 0.136. The van der Waals surface area contributed by atoms with E-state index < -0.39 is 0 Å². The number of hydrogen-bond donors (Lipinski definition) is 1. The third-order valence-electron chi connectivity index (χ3n) is 3.04. The molecule has 0 aliphatic carbocycles. The van der Waals surface area contributed by atoms with E-state index in [0.29, 0.717) is 35.1 Å². The molecule has 0 radical (unpaired) electrons. The van der Waals surface area contributed by atoms with Gasteiger partial charge in [0.1, 0.15) is 12.4 Å². The molecule has 2 unspecified atom stereocenters. The van der Waals surface area contributed by atoms with E-state index in [1.165, 1.54) is 0 Å². The van der Waals surface area contributed by atoms with Gasteiger partial charge in [0.15, 0.2) is 0 Å². The molecule has 1 fully saturated rings. The maximum atomic E-state index is 6.12. The molecular weight excluding hydrogens is 273 g/mol. The fourth-order valence-corrected chi connectivity index (χ4v) is 2.70. The summed E-state index contributed by atoms with van der Waals surface area (Å²) in [7, 11) is 0. The van der Waals surface area contributed by atoms with Gasteiger partial charge in [-0.25, -0.2) is 0 Å². The van der Waals surface area contributed by atoms with Crippen LogP contribution in [-0.2, 0) is 11.3 Å². The highest BCUT2D eigenvalue weighted by atomic mass is 35.5. The predicted octanol–water partition coefficient (Wildman–Crippen LogP) is 3.40. The van der Waals surface area contributed by atoms with Gasteiger partial charge in [-0.3, -0.25) is 0 Å². The molecule has 0 bridgehead atoms. The van der Waals surface area contributed by atoms with Crippen LogP contribution in [0.25, 0.3) is 0 Å². The maximum absolute atomic E-state index is 6.12. The normalized spacial score (nSPS) is 23.3. The Labute approximate surface area is 117 Å². The van der Waals surface area contributed by atoms with Crippen molar-refractivity contribution < 1.29 is 9.47 Å². The van der Waals surface area contributed by atoms with Gasteiger partial charge in [0.25, 0.3) is 0 Å². The summed E-state index contributed by atoms with van der Waals surface area (Å²) >= 11 is 12.0. The van der Waals surface area contributed by atoms with Gasteiger partial charge in [0, 0.05) is 17.1 Å². The molecule has 1 aromatic carbocycles. The lowest BCUT2D eigenvalue weighted by atomic mass is 10.2. The maximum Gasteiger partial charge on any atom is 0.142 e. The molecule has 0 amide bonds. The van der Waals surface area contributed by atoms with Crippen LogP contribution in [0.1, 0.15) is 25.3 Å². The van der Waals surface area contributed by atoms with Crippen LogP contribution in [-0.4, -0.2) is 18.8 Å². The highest BCUT2D eigenvalue weighted by molar-refractivity contribution is 6.35. The molecule has 2 N–H and O–H groups in total. The molecule has 18 heavy (non-hydrogen) atoms. The number of benzene rings is 1. The minimum Gasteiger partial charge on any atom is -0.489 e. The Bertz CT molecular complexity index is 426. The second-order valence-corrected chi connectivity index (χ2v) is 5.38. The number of ether oxygens (including phenoxy) is 2. The molecule has 1 aromatic rings. The predicted molar refractivity (Wildman–Crippen MR) is 73.4 cm³/mol. The van der Waals surface area contributed by atoms with Crippen LogP contribution in [0.3, 0.4) is 0 Å². The van der Waals surface area contributed by atoms with Crippen LogP contribution >= 0.6 is 23.2 Å². The quantitative estimate of drug-likeness (QED) is 0.924. The Morgan fingerprint density at radius 1 is 1.39 bits per heavy atom. The monoisotopic (exact) mass is 289 g/mol. The lowest BCUT2D eigenvalue weighted by Crippen LogP contribution is -2.18. The smallest absolute Gasteiger partial charge is 0.142 e. The molecule has 1 saturated heterocycles. The summed E-state index contributed by atoms with van der Waals surface area (Å²) in [5, 5.41) is 1.06. The van der Waals surface area contributed by atoms with Gasteiger partial charge in [-0.05, 0) is 31.9 Å². The third-order valence-corrected chi connectivity index (χ3v) is 3.54. The van der Waals surface area contributed by atoms with Gasteiger partial charge in [0.05, 0.1) is 17.2 Å². The molecule has 3 nitrogen and oxygen atoms in total. The summed E-state index contributed by atoms with van der Waals surface area (Å²) in [6.07, 6.45) is 2.54. The molecule has 0 saturated carbocycles. The van der Waals surface area contributed by atoms with E-state index in [4.69, 9.17) is 38.4 Å². The second-order valence-electron chi connectivity index (χ2n) is 4.54. The molecule has 100 valence electrons. The molecule has 2 atom stereocenters. The zero-order valence-corrected chi connectivity index (χ0v) is 11.8. The summed E-state index contributed by atoms with van der Waals surface area (Å²) in [5.41, 5.74) is 6.48. The topological polar surface area (TPSA) is 44.5 Å². The van der Waals surface area contributed by atoms with Gasteiger partial charge in [-0.15, -0.1) is 0 Å². The van der Waals surface area contributed by atoms with Gasteiger partial charge in [0.2, 0.25) is 0 Å². The Balaban J connectivity index is 2.04. The molecule has 0 aromatic heterocycles. The van der Waals surface area contributed by atoms with Crippen molar-refractivity contribution >= 4 is 23.2 Å². The van der Waals surface area contributed by atoms with Crippen LogP contribution in [0.2, 0.25) is 10.0 Å². The van der Waals surface area contributed by atoms with Crippen molar-refractivity contribution in [2.75, 3.05) is 6.61 Å². The van der Waals surface area contributed by atoms with E-state index in [-0.39, 0.29) is 6.10 Å². The number of nitrogens with two attached hydrogens (primary N) is 1.